The average Bonchev–Trinajstić information content (AvgIpc) is 3.13. The second-order valence-corrected chi connectivity index (χ2v) is 12.4. The van der Waals surface area contributed by atoms with Crippen molar-refractivity contribution < 1.29 is 23.9 Å². The van der Waals surface area contributed by atoms with E-state index in [1.807, 2.05) is 30.3 Å². The number of methoxy groups -OCH3 is 2. The fraction of sp³-hybridized carbons (Fsp3) is 0.0789. The molecule has 0 fully saturated rings. The number of hydrogen-bond donors (Lipinski definition) is 3. The molecule has 0 spiro atoms. The van der Waals surface area contributed by atoms with Crippen molar-refractivity contribution in [2.24, 2.45) is 0 Å². The molecule has 0 bridgehead atoms. The predicted octanol–water partition coefficient (Wildman–Crippen LogP) is 8.89. The molecule has 0 saturated heterocycles. The van der Waals surface area contributed by atoms with Crippen LogP contribution in [0.15, 0.2) is 132 Å². The highest BCUT2D eigenvalue weighted by molar-refractivity contribution is 8.00. The van der Waals surface area contributed by atoms with Gasteiger partial charge in [-0.3, -0.25) is 14.4 Å². The zero-order valence-electron chi connectivity index (χ0n) is 26.4. The van der Waals surface area contributed by atoms with E-state index in [9.17, 15) is 14.4 Å². The maximum absolute atomic E-state index is 13.7. The minimum Gasteiger partial charge on any atom is -0.497 e. The highest BCUT2D eigenvalue weighted by Gasteiger charge is 2.24. The molecule has 11 heteroatoms. The lowest BCUT2D eigenvalue weighted by Gasteiger charge is -2.19. The number of amides is 3. The third-order valence-electron chi connectivity index (χ3n) is 7.18. The van der Waals surface area contributed by atoms with E-state index in [4.69, 9.17) is 32.7 Å². The van der Waals surface area contributed by atoms with Crippen molar-refractivity contribution in [2.45, 2.75) is 10.1 Å². The van der Waals surface area contributed by atoms with Crippen LogP contribution in [0.4, 0.5) is 11.4 Å². The largest absolute Gasteiger partial charge is 0.497 e. The lowest BCUT2D eigenvalue weighted by atomic mass is 10.1. The molecule has 0 radical (unpaired) electrons. The summed E-state index contributed by atoms with van der Waals surface area (Å²) in [5.74, 6) is -0.232. The van der Waals surface area contributed by atoms with Crippen LogP contribution in [0.3, 0.4) is 0 Å². The second kappa shape index (κ2) is 16.7. The summed E-state index contributed by atoms with van der Waals surface area (Å²) in [7, 11) is 3.08. The number of carbonyl (C=O) groups excluding carboxylic acids is 3. The summed E-state index contributed by atoms with van der Waals surface area (Å²) in [6.07, 6.45) is 1.47. The number of benzene rings is 5. The first kappa shape index (κ1) is 35.1. The van der Waals surface area contributed by atoms with Gasteiger partial charge in [-0.1, -0.05) is 83.9 Å². The molecule has 5 aromatic carbocycles. The molecule has 49 heavy (non-hydrogen) atoms. The van der Waals surface area contributed by atoms with Gasteiger partial charge in [-0.15, -0.1) is 11.8 Å². The minimum absolute atomic E-state index is 0.0368. The third kappa shape index (κ3) is 9.23. The van der Waals surface area contributed by atoms with Crippen LogP contribution in [0.2, 0.25) is 10.0 Å². The first-order chi connectivity index (χ1) is 23.7. The zero-order chi connectivity index (χ0) is 34.8. The summed E-state index contributed by atoms with van der Waals surface area (Å²) in [6, 6.07) is 35.2. The monoisotopic (exact) mass is 711 g/mol. The lowest BCUT2D eigenvalue weighted by molar-refractivity contribution is -0.116. The maximum Gasteiger partial charge on any atom is 0.272 e. The summed E-state index contributed by atoms with van der Waals surface area (Å²) in [5, 5.41) is 8.43. The Kier molecular flexibility index (Phi) is 12.0. The molecule has 1 unspecified atom stereocenters. The van der Waals surface area contributed by atoms with E-state index in [2.05, 4.69) is 16.0 Å². The molecule has 3 N–H and O–H groups in total. The van der Waals surface area contributed by atoms with Crippen molar-refractivity contribution in [1.29, 1.82) is 0 Å². The molecule has 248 valence electrons. The normalized spacial score (nSPS) is 11.6. The van der Waals surface area contributed by atoms with Gasteiger partial charge in [0.25, 0.3) is 11.8 Å². The SMILES string of the molecule is COc1ccc(OC)c(NC(=O)C(Sc2ccc(NC(=O)/C(=C/c3cccc(Cl)c3Cl)NC(=O)c3ccccc3)cc2)c2ccccc2)c1. The molecule has 0 aliphatic rings. The molecular formula is C38H31Cl2N3O5S. The number of rotatable bonds is 12. The van der Waals surface area contributed by atoms with Gasteiger partial charge in [0.1, 0.15) is 22.4 Å². The molecule has 0 aliphatic carbocycles. The Morgan fingerprint density at radius 1 is 0.755 bits per heavy atom. The zero-order valence-corrected chi connectivity index (χ0v) is 28.7. The Bertz CT molecular complexity index is 1970. The molecule has 8 nitrogen and oxygen atoms in total. The summed E-state index contributed by atoms with van der Waals surface area (Å²) in [6.45, 7) is 0. The van der Waals surface area contributed by atoms with E-state index < -0.39 is 17.1 Å². The number of carbonyl (C=O) groups is 3. The number of halogens is 2. The summed E-state index contributed by atoms with van der Waals surface area (Å²) in [5.41, 5.74) is 2.54. The average molecular weight is 713 g/mol. The second-order valence-electron chi connectivity index (χ2n) is 10.5. The molecule has 0 aliphatic heterocycles. The van der Waals surface area contributed by atoms with E-state index in [1.165, 1.54) is 24.9 Å². The van der Waals surface area contributed by atoms with Crippen LogP contribution in [0, 0.1) is 0 Å². The number of anilines is 2. The maximum atomic E-state index is 13.7. The Hall–Kier alpha value is -5.22. The predicted molar refractivity (Wildman–Crippen MR) is 197 cm³/mol. The Morgan fingerprint density at radius 2 is 1.45 bits per heavy atom. The van der Waals surface area contributed by atoms with Crippen LogP contribution in [0.25, 0.3) is 6.08 Å². The molecule has 0 heterocycles. The molecule has 0 aromatic heterocycles. The molecule has 0 saturated carbocycles. The van der Waals surface area contributed by atoms with Crippen molar-refractivity contribution >= 4 is 70.1 Å². The van der Waals surface area contributed by atoms with E-state index in [1.54, 1.807) is 98.1 Å². The van der Waals surface area contributed by atoms with Crippen LogP contribution in [-0.2, 0) is 9.59 Å². The van der Waals surface area contributed by atoms with E-state index in [0.29, 0.717) is 39.0 Å². The van der Waals surface area contributed by atoms with Crippen LogP contribution in [0.1, 0.15) is 26.7 Å². The van der Waals surface area contributed by atoms with E-state index in [0.717, 1.165) is 10.5 Å². The van der Waals surface area contributed by atoms with Crippen LogP contribution in [0.5, 0.6) is 11.5 Å². The molecule has 5 aromatic rings. The van der Waals surface area contributed by atoms with Gasteiger partial charge in [0.05, 0.1) is 30.0 Å². The number of thioether (sulfide) groups is 1. The van der Waals surface area contributed by atoms with Gasteiger partial charge in [-0.05, 0) is 71.8 Å². The first-order valence-corrected chi connectivity index (χ1v) is 16.6. The van der Waals surface area contributed by atoms with Gasteiger partial charge in [-0.2, -0.15) is 0 Å². The molecule has 5 rings (SSSR count). The summed E-state index contributed by atoms with van der Waals surface area (Å²) < 4.78 is 10.8. The fourth-order valence-corrected chi connectivity index (χ4v) is 6.08. The van der Waals surface area contributed by atoms with Crippen molar-refractivity contribution in [3.05, 3.63) is 154 Å². The minimum atomic E-state index is -0.622. The Morgan fingerprint density at radius 3 is 2.12 bits per heavy atom. The smallest absolute Gasteiger partial charge is 0.272 e. The quantitative estimate of drug-likeness (QED) is 0.0882. The Balaban J connectivity index is 1.36. The van der Waals surface area contributed by atoms with Crippen molar-refractivity contribution in [2.75, 3.05) is 24.9 Å². The molecular weight excluding hydrogens is 681 g/mol. The van der Waals surface area contributed by atoms with Gasteiger partial charge in [0, 0.05) is 22.2 Å². The molecule has 1 atom stereocenters. The van der Waals surface area contributed by atoms with Gasteiger partial charge >= 0.3 is 0 Å². The van der Waals surface area contributed by atoms with Crippen molar-refractivity contribution in [3.8, 4) is 11.5 Å². The van der Waals surface area contributed by atoms with Crippen molar-refractivity contribution in [3.63, 3.8) is 0 Å². The standard InChI is InChI=1S/C38H31Cl2N3O5S/c1-47-28-18-21-33(48-2)31(23-28)42-38(46)35(24-10-5-3-6-11-24)49-29-19-16-27(17-20-29)41-37(45)32(22-26-14-9-15-30(39)34(26)40)43-36(44)25-12-7-4-8-13-25/h3-23,35H,1-2H3,(H,41,45)(H,42,46)(H,43,44)/b32-22-. The van der Waals surface area contributed by atoms with Gasteiger partial charge in [-0.25, -0.2) is 0 Å². The molecule has 3 amide bonds. The number of ether oxygens (including phenoxy) is 2. The van der Waals surface area contributed by atoms with Crippen molar-refractivity contribution in [1.82, 2.24) is 5.32 Å². The summed E-state index contributed by atoms with van der Waals surface area (Å²) >= 11 is 13.9. The van der Waals surface area contributed by atoms with Gasteiger partial charge in [0.2, 0.25) is 5.91 Å². The van der Waals surface area contributed by atoms with Crippen LogP contribution < -0.4 is 25.4 Å². The third-order valence-corrected chi connectivity index (χ3v) is 9.28. The highest BCUT2D eigenvalue weighted by atomic mass is 35.5. The number of hydrogen-bond acceptors (Lipinski definition) is 6. The Labute approximate surface area is 298 Å². The first-order valence-electron chi connectivity index (χ1n) is 14.9. The van der Waals surface area contributed by atoms with E-state index >= 15 is 0 Å². The number of nitrogens with one attached hydrogen (secondary N) is 3. The van der Waals surface area contributed by atoms with Crippen LogP contribution >= 0.6 is 35.0 Å². The highest BCUT2D eigenvalue weighted by Crippen LogP contribution is 2.38. The van der Waals surface area contributed by atoms with E-state index in [-0.39, 0.29) is 16.6 Å². The summed E-state index contributed by atoms with van der Waals surface area (Å²) in [4.78, 5) is 41.0. The fourth-order valence-electron chi connectivity index (χ4n) is 4.69. The van der Waals surface area contributed by atoms with Gasteiger partial charge < -0.3 is 25.4 Å². The lowest BCUT2D eigenvalue weighted by Crippen LogP contribution is -2.30. The van der Waals surface area contributed by atoms with Gasteiger partial charge in [0.15, 0.2) is 0 Å². The van der Waals surface area contributed by atoms with Crippen LogP contribution in [-0.4, -0.2) is 31.9 Å². The topological polar surface area (TPSA) is 106 Å².